The topological polar surface area (TPSA) is 105 Å². The Morgan fingerprint density at radius 2 is 2.00 bits per heavy atom. The van der Waals surface area contributed by atoms with Crippen LogP contribution < -0.4 is 10.6 Å². The number of carboxylic acid groups (broad SMARTS) is 1. The summed E-state index contributed by atoms with van der Waals surface area (Å²) in [6.07, 6.45) is 0.646. The van der Waals surface area contributed by atoms with Gasteiger partial charge < -0.3 is 10.2 Å². The molecule has 2 N–H and O–H groups in total. The second-order valence-corrected chi connectivity index (χ2v) is 5.64. The van der Waals surface area contributed by atoms with Gasteiger partial charge in [0.05, 0.1) is 17.1 Å². The van der Waals surface area contributed by atoms with Gasteiger partial charge in [-0.2, -0.15) is 5.10 Å². The van der Waals surface area contributed by atoms with Crippen molar-refractivity contribution in [2.45, 2.75) is 12.8 Å². The van der Waals surface area contributed by atoms with E-state index in [1.165, 1.54) is 29.0 Å². The van der Waals surface area contributed by atoms with Crippen LogP contribution in [-0.2, 0) is 4.79 Å². The average molecular weight is 364 g/mol. The number of nitrogens with zero attached hydrogens (tertiary/aromatic N) is 3. The molecule has 0 amide bonds. The molecule has 3 aromatic rings. The van der Waals surface area contributed by atoms with Crippen molar-refractivity contribution in [3.05, 3.63) is 56.9 Å². The van der Waals surface area contributed by atoms with E-state index in [-0.39, 0.29) is 34.5 Å². The van der Waals surface area contributed by atoms with Gasteiger partial charge in [-0.25, -0.2) is 13.9 Å². The third kappa shape index (κ3) is 3.16. The highest BCUT2D eigenvalue weighted by atomic mass is 35.5. The van der Waals surface area contributed by atoms with Crippen LogP contribution in [0.25, 0.3) is 22.7 Å². The maximum atomic E-state index is 13.4. The van der Waals surface area contributed by atoms with Crippen molar-refractivity contribution in [3.8, 4) is 11.3 Å². The fourth-order valence-corrected chi connectivity index (χ4v) is 2.62. The zero-order valence-corrected chi connectivity index (χ0v) is 13.4. The van der Waals surface area contributed by atoms with Crippen LogP contribution in [0, 0.1) is 5.82 Å². The largest absolute Gasteiger partial charge is 0.511 e. The van der Waals surface area contributed by atoms with Crippen LogP contribution in [0.1, 0.15) is 12.8 Å². The number of aliphatic carboxylic acids is 1. The summed E-state index contributed by atoms with van der Waals surface area (Å²) in [7, 11) is 0. The van der Waals surface area contributed by atoms with Crippen LogP contribution >= 0.6 is 11.6 Å². The van der Waals surface area contributed by atoms with E-state index in [4.69, 9.17) is 16.7 Å². The minimum Gasteiger partial charge on any atom is -0.511 e. The van der Waals surface area contributed by atoms with Gasteiger partial charge in [0.2, 0.25) is 0 Å². The number of aliphatic hydroxyl groups excluding tert-OH is 1. The monoisotopic (exact) mass is 363 g/mol. The molecule has 0 spiro atoms. The number of hydrogen-bond acceptors (Lipinski definition) is 5. The summed E-state index contributed by atoms with van der Waals surface area (Å²) in [6, 6.07) is 5.15. The van der Waals surface area contributed by atoms with E-state index in [2.05, 4.69) is 10.1 Å². The maximum Gasteiger partial charge on any atom is 0.303 e. The fourth-order valence-electron chi connectivity index (χ4n) is 2.44. The van der Waals surface area contributed by atoms with E-state index in [0.29, 0.717) is 11.3 Å². The first-order chi connectivity index (χ1) is 11.9. The molecule has 0 saturated heterocycles. The predicted molar refractivity (Wildman–Crippen MR) is 87.8 cm³/mol. The number of aromatic nitrogens is 3. The number of rotatable bonds is 4. The lowest BCUT2D eigenvalue weighted by atomic mass is 10.1. The molecule has 25 heavy (non-hydrogen) atoms. The van der Waals surface area contributed by atoms with Gasteiger partial charge in [-0.3, -0.25) is 9.59 Å². The molecule has 0 aliphatic heterocycles. The minimum absolute atomic E-state index is 0.0748. The van der Waals surface area contributed by atoms with E-state index in [9.17, 15) is 19.1 Å². The van der Waals surface area contributed by atoms with Gasteiger partial charge in [0.25, 0.3) is 0 Å². The van der Waals surface area contributed by atoms with Crippen molar-refractivity contribution in [2.24, 2.45) is 0 Å². The number of benzene rings is 1. The van der Waals surface area contributed by atoms with E-state index < -0.39 is 17.2 Å². The molecule has 2 heterocycles. The Morgan fingerprint density at radius 3 is 2.68 bits per heavy atom. The Labute approximate surface area is 144 Å². The first-order valence-corrected chi connectivity index (χ1v) is 7.52. The van der Waals surface area contributed by atoms with Gasteiger partial charge in [0, 0.05) is 18.1 Å². The average Bonchev–Trinajstić information content (AvgIpc) is 3.03. The molecule has 9 heteroatoms. The van der Waals surface area contributed by atoms with Crippen molar-refractivity contribution in [1.29, 1.82) is 0 Å². The van der Waals surface area contributed by atoms with Gasteiger partial charge in [0.1, 0.15) is 23.1 Å². The Bertz CT molecular complexity index is 1100. The molecule has 0 atom stereocenters. The molecule has 0 saturated carbocycles. The Balaban J connectivity index is 2.26. The molecule has 2 aromatic heterocycles. The molecule has 0 aliphatic rings. The molecule has 7 nitrogen and oxygen atoms in total. The first kappa shape index (κ1) is 16.8. The highest BCUT2D eigenvalue weighted by Crippen LogP contribution is 2.23. The van der Waals surface area contributed by atoms with Crippen molar-refractivity contribution in [1.82, 2.24) is 14.6 Å². The van der Waals surface area contributed by atoms with Crippen molar-refractivity contribution in [3.63, 3.8) is 0 Å². The third-order valence-electron chi connectivity index (χ3n) is 3.59. The molecular formula is C16H11ClFN3O4. The molecular weight excluding hydrogens is 353 g/mol. The number of fused-ring (bicyclic) bond motifs is 1. The van der Waals surface area contributed by atoms with Gasteiger partial charge in [-0.05, 0) is 18.2 Å². The molecule has 0 bridgehead atoms. The summed E-state index contributed by atoms with van der Waals surface area (Å²) >= 11 is 5.78. The second-order valence-electron chi connectivity index (χ2n) is 5.23. The van der Waals surface area contributed by atoms with Gasteiger partial charge >= 0.3 is 5.97 Å². The van der Waals surface area contributed by atoms with E-state index in [1.807, 2.05) is 0 Å². The molecule has 0 fully saturated rings. The molecule has 3 rings (SSSR count). The highest BCUT2D eigenvalue weighted by Gasteiger charge is 2.14. The number of aliphatic hydroxyl groups is 1. The van der Waals surface area contributed by atoms with Gasteiger partial charge in [-0.1, -0.05) is 11.6 Å². The zero-order valence-electron chi connectivity index (χ0n) is 12.6. The molecule has 0 radical (unpaired) electrons. The Morgan fingerprint density at radius 1 is 1.24 bits per heavy atom. The maximum absolute atomic E-state index is 13.4. The lowest BCUT2D eigenvalue weighted by molar-refractivity contribution is -0.136. The minimum atomic E-state index is -1.10. The summed E-state index contributed by atoms with van der Waals surface area (Å²) in [6.45, 7) is 0. The van der Waals surface area contributed by atoms with Crippen LogP contribution in [0.2, 0.25) is 5.02 Å². The number of pyridine rings is 1. The number of carbonyl (C=O) groups is 1. The Kier molecular flexibility index (Phi) is 4.37. The fraction of sp³-hybridized carbons (Fsp3) is 0.125. The first-order valence-electron chi connectivity index (χ1n) is 7.14. The van der Waals surface area contributed by atoms with Crippen LogP contribution in [0.5, 0.6) is 0 Å². The van der Waals surface area contributed by atoms with Crippen LogP contribution in [0.3, 0.4) is 0 Å². The molecule has 0 aliphatic carbocycles. The number of carboxylic acids is 1. The summed E-state index contributed by atoms with van der Waals surface area (Å²) in [5.41, 5.74) is 0.273. The summed E-state index contributed by atoms with van der Waals surface area (Å²) < 4.78 is 14.7. The standard InChI is InChI=1S/C16H11ClFN3O4/c17-9-5-8(1-2-10(9)18)11-6-13(23)15(12(22)3-4-14(24)25)16-19-7-20-21(11)16/h1-2,5-7,22H,3-4H2,(H,24,25). The van der Waals surface area contributed by atoms with Gasteiger partial charge in [0.15, 0.2) is 11.1 Å². The van der Waals surface area contributed by atoms with Crippen molar-refractivity contribution >= 4 is 29.0 Å². The summed E-state index contributed by atoms with van der Waals surface area (Å²) in [4.78, 5) is 27.1. The zero-order chi connectivity index (χ0) is 18.1. The number of hydrogen-bond donors (Lipinski definition) is 2. The van der Waals surface area contributed by atoms with Gasteiger partial charge in [-0.15, -0.1) is 0 Å². The summed E-state index contributed by atoms with van der Waals surface area (Å²) in [5, 5.41) is 22.6. The SMILES string of the molecule is O=C(O)CCC(O)=c1c(=O)cc(-c2ccc(F)c(Cl)c2)n2ncnc12. The summed E-state index contributed by atoms with van der Waals surface area (Å²) in [5.74, 6) is -2.08. The van der Waals surface area contributed by atoms with Crippen LogP contribution in [0.4, 0.5) is 4.39 Å². The predicted octanol–water partition coefficient (Wildman–Crippen LogP) is 1.80. The van der Waals surface area contributed by atoms with Crippen molar-refractivity contribution < 1.29 is 19.4 Å². The quantitative estimate of drug-likeness (QED) is 0.732. The van der Waals surface area contributed by atoms with Crippen LogP contribution in [-0.4, -0.2) is 30.8 Å². The van der Waals surface area contributed by atoms with E-state index in [0.717, 1.165) is 6.07 Å². The number of halogens is 2. The molecule has 0 unspecified atom stereocenters. The molecule has 1 aromatic carbocycles. The van der Waals surface area contributed by atoms with E-state index in [1.54, 1.807) is 0 Å². The lowest BCUT2D eigenvalue weighted by Gasteiger charge is -2.06. The smallest absolute Gasteiger partial charge is 0.303 e. The normalized spacial score (nSPS) is 12.4. The van der Waals surface area contributed by atoms with Crippen LogP contribution in [0.15, 0.2) is 35.4 Å². The van der Waals surface area contributed by atoms with E-state index >= 15 is 0 Å². The lowest BCUT2D eigenvalue weighted by Crippen LogP contribution is -2.30. The second kappa shape index (κ2) is 6.48. The third-order valence-corrected chi connectivity index (χ3v) is 3.88. The van der Waals surface area contributed by atoms with Crippen molar-refractivity contribution in [2.75, 3.05) is 0 Å². The molecule has 128 valence electrons. The highest BCUT2D eigenvalue weighted by molar-refractivity contribution is 6.31. The Hall–Kier alpha value is -3.00.